The Morgan fingerprint density at radius 1 is 1.38 bits per heavy atom. The van der Waals surface area contributed by atoms with Crippen LogP contribution < -0.4 is 5.01 Å². The Balaban J connectivity index is 2.27. The van der Waals surface area contributed by atoms with E-state index in [9.17, 15) is 9.90 Å². The van der Waals surface area contributed by atoms with Gasteiger partial charge in [0.1, 0.15) is 6.73 Å². The molecule has 16 heavy (non-hydrogen) atoms. The lowest BCUT2D eigenvalue weighted by molar-refractivity contribution is -0.134. The van der Waals surface area contributed by atoms with Crippen molar-refractivity contribution in [3.63, 3.8) is 0 Å². The molecule has 0 saturated carbocycles. The molecule has 0 aliphatic carbocycles. The van der Waals surface area contributed by atoms with Crippen molar-refractivity contribution < 1.29 is 9.90 Å². The van der Waals surface area contributed by atoms with E-state index in [1.807, 2.05) is 43.1 Å². The zero-order valence-corrected chi connectivity index (χ0v) is 9.55. The number of aliphatic hydroxyl groups is 1. The second-order valence-electron chi connectivity index (χ2n) is 4.20. The molecule has 1 aliphatic heterocycles. The number of rotatable bonds is 2. The predicted molar refractivity (Wildman–Crippen MR) is 61.6 cm³/mol. The zero-order valence-electron chi connectivity index (χ0n) is 9.55. The van der Waals surface area contributed by atoms with Gasteiger partial charge in [-0.05, 0) is 19.1 Å². The number of aliphatic hydroxyl groups excluding tert-OH is 1. The van der Waals surface area contributed by atoms with Crippen LogP contribution in [0.25, 0.3) is 0 Å². The summed E-state index contributed by atoms with van der Waals surface area (Å²) in [7, 11) is 0. The number of carbonyl (C=O) groups excluding carboxylic acids is 1. The van der Waals surface area contributed by atoms with E-state index < -0.39 is 0 Å². The molecule has 1 heterocycles. The fraction of sp³-hybridized carbons (Fsp3) is 0.417. The van der Waals surface area contributed by atoms with Gasteiger partial charge >= 0.3 is 0 Å². The molecule has 1 aliphatic rings. The second-order valence-corrected chi connectivity index (χ2v) is 4.20. The van der Waals surface area contributed by atoms with Crippen LogP contribution in [-0.2, 0) is 4.79 Å². The van der Waals surface area contributed by atoms with Crippen LogP contribution in [0.1, 0.15) is 12.5 Å². The summed E-state index contributed by atoms with van der Waals surface area (Å²) < 4.78 is 0. The molecule has 1 unspecified atom stereocenters. The fourth-order valence-electron chi connectivity index (χ4n) is 1.92. The van der Waals surface area contributed by atoms with Gasteiger partial charge in [-0.2, -0.15) is 0 Å². The standard InChI is InChI=1S/C12H16N2O2/c1-9-3-5-11(6-4-9)13-7-10(2)12(16)14(13)8-15/h3-6,10,15H,7-8H2,1-2H3. The van der Waals surface area contributed by atoms with Crippen molar-refractivity contribution in [1.82, 2.24) is 5.01 Å². The van der Waals surface area contributed by atoms with Gasteiger partial charge in [0.2, 0.25) is 5.91 Å². The number of anilines is 1. The van der Waals surface area contributed by atoms with Crippen molar-refractivity contribution in [2.24, 2.45) is 5.92 Å². The number of aryl methyl sites for hydroxylation is 1. The van der Waals surface area contributed by atoms with Gasteiger partial charge in [0.25, 0.3) is 0 Å². The number of benzene rings is 1. The zero-order chi connectivity index (χ0) is 11.7. The van der Waals surface area contributed by atoms with Crippen molar-refractivity contribution in [2.75, 3.05) is 18.3 Å². The van der Waals surface area contributed by atoms with Gasteiger partial charge in [0, 0.05) is 0 Å². The summed E-state index contributed by atoms with van der Waals surface area (Å²) in [5.41, 5.74) is 2.12. The van der Waals surface area contributed by atoms with Crippen LogP contribution >= 0.6 is 0 Å². The Morgan fingerprint density at radius 2 is 2.00 bits per heavy atom. The molecule has 1 aromatic rings. The number of nitrogens with zero attached hydrogens (tertiary/aromatic N) is 2. The maximum absolute atomic E-state index is 11.7. The van der Waals surface area contributed by atoms with E-state index in [-0.39, 0.29) is 18.6 Å². The predicted octanol–water partition coefficient (Wildman–Crippen LogP) is 1.14. The third kappa shape index (κ3) is 1.76. The molecule has 1 atom stereocenters. The summed E-state index contributed by atoms with van der Waals surface area (Å²) >= 11 is 0. The molecule has 2 rings (SSSR count). The van der Waals surface area contributed by atoms with Crippen LogP contribution in [0.2, 0.25) is 0 Å². The molecule has 1 amide bonds. The first-order chi connectivity index (χ1) is 7.63. The number of hydrogen-bond acceptors (Lipinski definition) is 3. The minimum atomic E-state index is -0.267. The maximum atomic E-state index is 11.7. The van der Waals surface area contributed by atoms with Crippen LogP contribution in [0.5, 0.6) is 0 Å². The molecular formula is C12H16N2O2. The topological polar surface area (TPSA) is 43.8 Å². The second kappa shape index (κ2) is 4.14. The highest BCUT2D eigenvalue weighted by Crippen LogP contribution is 2.25. The van der Waals surface area contributed by atoms with Crippen LogP contribution in [0.3, 0.4) is 0 Å². The monoisotopic (exact) mass is 220 g/mol. The first kappa shape index (κ1) is 11.0. The molecule has 4 nitrogen and oxygen atoms in total. The van der Waals surface area contributed by atoms with E-state index in [1.54, 1.807) is 0 Å². The molecule has 86 valence electrons. The number of hydrazine groups is 1. The molecule has 1 aromatic carbocycles. The van der Waals surface area contributed by atoms with Crippen molar-refractivity contribution >= 4 is 11.6 Å². The average molecular weight is 220 g/mol. The van der Waals surface area contributed by atoms with Gasteiger partial charge in [0.15, 0.2) is 0 Å². The van der Waals surface area contributed by atoms with Crippen LogP contribution in [0.4, 0.5) is 5.69 Å². The third-order valence-electron chi connectivity index (χ3n) is 2.88. The minimum absolute atomic E-state index is 0.0249. The maximum Gasteiger partial charge on any atom is 0.247 e. The average Bonchev–Trinajstić information content (AvgIpc) is 2.56. The Kier molecular flexibility index (Phi) is 2.83. The smallest absolute Gasteiger partial charge is 0.247 e. The first-order valence-electron chi connectivity index (χ1n) is 5.40. The summed E-state index contributed by atoms with van der Waals surface area (Å²) in [4.78, 5) is 11.7. The van der Waals surface area contributed by atoms with Crippen LogP contribution in [-0.4, -0.2) is 29.3 Å². The van der Waals surface area contributed by atoms with E-state index in [4.69, 9.17) is 0 Å². The lowest BCUT2D eigenvalue weighted by Gasteiger charge is -2.27. The number of carbonyl (C=O) groups is 1. The molecule has 1 saturated heterocycles. The van der Waals surface area contributed by atoms with Crippen LogP contribution in [0.15, 0.2) is 24.3 Å². The van der Waals surface area contributed by atoms with Crippen molar-refractivity contribution in [3.05, 3.63) is 29.8 Å². The molecule has 0 radical (unpaired) electrons. The molecule has 0 spiro atoms. The highest BCUT2D eigenvalue weighted by Gasteiger charge is 2.34. The molecular weight excluding hydrogens is 204 g/mol. The summed E-state index contributed by atoms with van der Waals surface area (Å²) in [5.74, 6) is -0.0865. The van der Waals surface area contributed by atoms with Gasteiger partial charge in [-0.15, -0.1) is 0 Å². The minimum Gasteiger partial charge on any atom is -0.374 e. The Hall–Kier alpha value is -1.55. The SMILES string of the molecule is Cc1ccc(N2CC(C)C(=O)N2CO)cc1. The van der Waals surface area contributed by atoms with Crippen molar-refractivity contribution in [2.45, 2.75) is 13.8 Å². The van der Waals surface area contributed by atoms with Gasteiger partial charge in [-0.1, -0.05) is 24.6 Å². The Labute approximate surface area is 95.1 Å². The van der Waals surface area contributed by atoms with Gasteiger partial charge in [0.05, 0.1) is 18.2 Å². The molecule has 1 N–H and O–H groups in total. The third-order valence-corrected chi connectivity index (χ3v) is 2.88. The van der Waals surface area contributed by atoms with E-state index >= 15 is 0 Å². The lowest BCUT2D eigenvalue weighted by Crippen LogP contribution is -2.39. The van der Waals surface area contributed by atoms with Gasteiger partial charge < -0.3 is 5.11 Å². The van der Waals surface area contributed by atoms with Gasteiger partial charge in [-0.25, -0.2) is 5.01 Å². The summed E-state index contributed by atoms with van der Waals surface area (Å²) in [6.07, 6.45) is 0. The Bertz CT molecular complexity index is 389. The van der Waals surface area contributed by atoms with Crippen molar-refractivity contribution in [3.8, 4) is 0 Å². The fourth-order valence-corrected chi connectivity index (χ4v) is 1.92. The van der Waals surface area contributed by atoms with E-state index in [0.29, 0.717) is 6.54 Å². The summed E-state index contributed by atoms with van der Waals surface area (Å²) in [6.45, 7) is 4.25. The summed E-state index contributed by atoms with van der Waals surface area (Å²) in [5, 5.41) is 12.4. The number of amides is 1. The molecule has 1 fully saturated rings. The van der Waals surface area contributed by atoms with E-state index in [1.165, 1.54) is 10.6 Å². The lowest BCUT2D eigenvalue weighted by atomic mass is 10.2. The first-order valence-corrected chi connectivity index (χ1v) is 5.40. The molecule has 0 aromatic heterocycles. The molecule has 0 bridgehead atoms. The van der Waals surface area contributed by atoms with Gasteiger partial charge in [-0.3, -0.25) is 9.80 Å². The van der Waals surface area contributed by atoms with Crippen LogP contribution in [0, 0.1) is 12.8 Å². The normalized spacial score (nSPS) is 20.7. The Morgan fingerprint density at radius 3 is 2.56 bits per heavy atom. The van der Waals surface area contributed by atoms with E-state index in [2.05, 4.69) is 0 Å². The largest absolute Gasteiger partial charge is 0.374 e. The van der Waals surface area contributed by atoms with Crippen molar-refractivity contribution in [1.29, 1.82) is 0 Å². The van der Waals surface area contributed by atoms with E-state index in [0.717, 1.165) is 5.69 Å². The molecule has 4 heteroatoms. The highest BCUT2D eigenvalue weighted by atomic mass is 16.3. The highest BCUT2D eigenvalue weighted by molar-refractivity contribution is 5.83. The summed E-state index contributed by atoms with van der Waals surface area (Å²) in [6, 6.07) is 7.92. The quantitative estimate of drug-likeness (QED) is 0.813. The number of hydrogen-bond donors (Lipinski definition) is 1.